The van der Waals surface area contributed by atoms with Crippen LogP contribution in [0.25, 0.3) is 10.1 Å². The third-order valence-electron chi connectivity index (χ3n) is 2.12. The summed E-state index contributed by atoms with van der Waals surface area (Å²) in [6.45, 7) is 4.70. The average molecular weight is 227 g/mol. The van der Waals surface area contributed by atoms with Crippen LogP contribution in [0.15, 0.2) is 17.5 Å². The zero-order chi connectivity index (χ0) is 10.1. The van der Waals surface area contributed by atoms with Gasteiger partial charge in [-0.1, -0.05) is 11.6 Å². The van der Waals surface area contributed by atoms with Crippen molar-refractivity contribution in [1.29, 1.82) is 0 Å². The zero-order valence-corrected chi connectivity index (χ0v) is 9.71. The molecule has 1 nitrogen and oxygen atoms in total. The lowest BCUT2D eigenvalue weighted by Gasteiger charge is -2.09. The molecular formula is C11H11ClOS. The Morgan fingerprint density at radius 1 is 1.50 bits per heavy atom. The van der Waals surface area contributed by atoms with Gasteiger partial charge in [0.2, 0.25) is 0 Å². The predicted molar refractivity (Wildman–Crippen MR) is 62.7 cm³/mol. The quantitative estimate of drug-likeness (QED) is 0.744. The van der Waals surface area contributed by atoms with Crippen molar-refractivity contribution in [3.63, 3.8) is 0 Å². The van der Waals surface area contributed by atoms with Gasteiger partial charge in [-0.25, -0.2) is 0 Å². The van der Waals surface area contributed by atoms with Crippen molar-refractivity contribution >= 4 is 33.0 Å². The van der Waals surface area contributed by atoms with Gasteiger partial charge in [0, 0.05) is 5.39 Å². The number of halogens is 1. The molecule has 0 saturated heterocycles. The van der Waals surface area contributed by atoms with Crippen molar-refractivity contribution in [3.8, 4) is 5.75 Å². The Kier molecular flexibility index (Phi) is 2.66. The highest BCUT2D eigenvalue weighted by molar-refractivity contribution is 7.18. The molecule has 74 valence electrons. The second kappa shape index (κ2) is 3.79. The smallest absolute Gasteiger partial charge is 0.130 e. The number of thiophene rings is 1. The highest BCUT2D eigenvalue weighted by Crippen LogP contribution is 2.37. The largest absolute Gasteiger partial charge is 0.493 e. The maximum Gasteiger partial charge on any atom is 0.130 e. The number of ether oxygens (including phenoxy) is 1. The van der Waals surface area contributed by atoms with E-state index in [9.17, 15) is 0 Å². The second-order valence-electron chi connectivity index (χ2n) is 3.10. The molecule has 0 unspecified atom stereocenters. The van der Waals surface area contributed by atoms with E-state index in [1.807, 2.05) is 25.3 Å². The van der Waals surface area contributed by atoms with Crippen LogP contribution in [0, 0.1) is 6.92 Å². The lowest BCUT2D eigenvalue weighted by molar-refractivity contribution is 0.342. The van der Waals surface area contributed by atoms with Crippen molar-refractivity contribution < 1.29 is 4.74 Å². The molecule has 0 bridgehead atoms. The van der Waals surface area contributed by atoms with E-state index in [2.05, 4.69) is 6.07 Å². The minimum atomic E-state index is 0.688. The van der Waals surface area contributed by atoms with Crippen LogP contribution in [0.2, 0.25) is 5.02 Å². The van der Waals surface area contributed by atoms with E-state index in [4.69, 9.17) is 16.3 Å². The molecule has 3 heteroatoms. The highest BCUT2D eigenvalue weighted by Gasteiger charge is 2.10. The summed E-state index contributed by atoms with van der Waals surface area (Å²) in [7, 11) is 0. The molecule has 1 aromatic carbocycles. The Labute approximate surface area is 92.3 Å². The number of fused-ring (bicyclic) bond motifs is 1. The van der Waals surface area contributed by atoms with E-state index in [1.54, 1.807) is 11.3 Å². The minimum absolute atomic E-state index is 0.688. The maximum absolute atomic E-state index is 6.13. The van der Waals surface area contributed by atoms with Crippen LogP contribution in [0.5, 0.6) is 5.75 Å². The van der Waals surface area contributed by atoms with Gasteiger partial charge in [-0.15, -0.1) is 11.3 Å². The Morgan fingerprint density at radius 3 is 3.00 bits per heavy atom. The first-order chi connectivity index (χ1) is 6.74. The molecule has 0 atom stereocenters. The number of hydrogen-bond donors (Lipinski definition) is 0. The van der Waals surface area contributed by atoms with E-state index < -0.39 is 0 Å². The predicted octanol–water partition coefficient (Wildman–Crippen LogP) is 4.26. The summed E-state index contributed by atoms with van der Waals surface area (Å²) in [5.74, 6) is 0.966. The molecule has 0 fully saturated rings. The first-order valence-corrected chi connectivity index (χ1v) is 5.79. The number of aryl methyl sites for hydroxylation is 1. The molecule has 0 spiro atoms. The van der Waals surface area contributed by atoms with Gasteiger partial charge in [0.15, 0.2) is 0 Å². The fraction of sp³-hybridized carbons (Fsp3) is 0.273. The monoisotopic (exact) mass is 226 g/mol. The van der Waals surface area contributed by atoms with Crippen LogP contribution in [0.1, 0.15) is 12.5 Å². The molecule has 0 saturated carbocycles. The molecule has 0 aliphatic heterocycles. The third kappa shape index (κ3) is 1.49. The van der Waals surface area contributed by atoms with E-state index in [0.29, 0.717) is 6.61 Å². The van der Waals surface area contributed by atoms with Crippen LogP contribution in [-0.2, 0) is 0 Å². The van der Waals surface area contributed by atoms with E-state index >= 15 is 0 Å². The van der Waals surface area contributed by atoms with Gasteiger partial charge in [0.25, 0.3) is 0 Å². The number of rotatable bonds is 2. The Morgan fingerprint density at radius 2 is 2.29 bits per heavy atom. The molecule has 0 aliphatic carbocycles. The van der Waals surface area contributed by atoms with Gasteiger partial charge in [-0.2, -0.15) is 0 Å². The molecule has 1 heterocycles. The lowest BCUT2D eigenvalue weighted by atomic mass is 10.1. The second-order valence-corrected chi connectivity index (χ2v) is 4.42. The van der Waals surface area contributed by atoms with Crippen LogP contribution < -0.4 is 4.74 Å². The van der Waals surface area contributed by atoms with E-state index in [1.165, 1.54) is 0 Å². The van der Waals surface area contributed by atoms with Crippen molar-refractivity contribution in [2.45, 2.75) is 13.8 Å². The van der Waals surface area contributed by atoms with Gasteiger partial charge >= 0.3 is 0 Å². The Balaban J connectivity index is 2.73. The SMILES string of the molecule is CCOc1c(C)cc(Cl)c2sccc12. The molecule has 0 N–H and O–H groups in total. The number of benzene rings is 1. The average Bonchev–Trinajstić information content (AvgIpc) is 2.60. The van der Waals surface area contributed by atoms with Gasteiger partial charge in [0.1, 0.15) is 5.75 Å². The summed E-state index contributed by atoms with van der Waals surface area (Å²) in [6, 6.07) is 4.02. The highest BCUT2D eigenvalue weighted by atomic mass is 35.5. The molecule has 0 amide bonds. The van der Waals surface area contributed by atoms with Gasteiger partial charge in [-0.3, -0.25) is 0 Å². The summed E-state index contributed by atoms with van der Waals surface area (Å²) < 4.78 is 6.72. The molecule has 2 rings (SSSR count). The Hall–Kier alpha value is -0.730. The summed E-state index contributed by atoms with van der Waals surface area (Å²) in [6.07, 6.45) is 0. The van der Waals surface area contributed by atoms with Crippen LogP contribution >= 0.6 is 22.9 Å². The molecule has 2 aromatic rings. The number of hydrogen-bond acceptors (Lipinski definition) is 2. The fourth-order valence-electron chi connectivity index (χ4n) is 1.54. The van der Waals surface area contributed by atoms with E-state index in [-0.39, 0.29) is 0 Å². The zero-order valence-electron chi connectivity index (χ0n) is 8.13. The summed E-state index contributed by atoms with van der Waals surface area (Å²) in [5.41, 5.74) is 1.10. The van der Waals surface area contributed by atoms with E-state index in [0.717, 1.165) is 26.4 Å². The normalized spacial score (nSPS) is 10.8. The first-order valence-electron chi connectivity index (χ1n) is 4.53. The van der Waals surface area contributed by atoms with Crippen molar-refractivity contribution in [2.75, 3.05) is 6.61 Å². The van der Waals surface area contributed by atoms with Gasteiger partial charge in [0.05, 0.1) is 16.3 Å². The summed E-state index contributed by atoms with van der Waals surface area (Å²) in [5, 5.41) is 3.98. The Bertz CT molecular complexity index is 462. The molecule has 0 aliphatic rings. The standard InChI is InChI=1S/C11H11ClOS/c1-3-13-10-7(2)6-9(12)11-8(10)4-5-14-11/h4-6H,3H2,1-2H3. The first kappa shape index (κ1) is 9.81. The molecule has 0 radical (unpaired) electrons. The molecule has 14 heavy (non-hydrogen) atoms. The molecular weight excluding hydrogens is 216 g/mol. The van der Waals surface area contributed by atoms with Crippen LogP contribution in [0.3, 0.4) is 0 Å². The molecule has 1 aromatic heterocycles. The topological polar surface area (TPSA) is 9.23 Å². The van der Waals surface area contributed by atoms with Crippen LogP contribution in [0.4, 0.5) is 0 Å². The third-order valence-corrected chi connectivity index (χ3v) is 3.47. The summed E-state index contributed by atoms with van der Waals surface area (Å²) in [4.78, 5) is 0. The van der Waals surface area contributed by atoms with Gasteiger partial charge < -0.3 is 4.74 Å². The van der Waals surface area contributed by atoms with Crippen LogP contribution in [-0.4, -0.2) is 6.61 Å². The van der Waals surface area contributed by atoms with Crippen molar-refractivity contribution in [2.24, 2.45) is 0 Å². The van der Waals surface area contributed by atoms with Crippen molar-refractivity contribution in [1.82, 2.24) is 0 Å². The van der Waals surface area contributed by atoms with Crippen molar-refractivity contribution in [3.05, 3.63) is 28.1 Å². The minimum Gasteiger partial charge on any atom is -0.493 e. The van der Waals surface area contributed by atoms with Gasteiger partial charge in [-0.05, 0) is 36.9 Å². The maximum atomic E-state index is 6.13. The fourth-order valence-corrected chi connectivity index (χ4v) is 2.74. The summed E-state index contributed by atoms with van der Waals surface area (Å²) >= 11 is 7.78. The lowest BCUT2D eigenvalue weighted by Crippen LogP contribution is -1.94.